The molecular weight excluding hydrogens is 200 g/mol. The second-order valence-corrected chi connectivity index (χ2v) is 6.39. The zero-order valence-corrected chi connectivity index (χ0v) is 11.6. The van der Waals surface area contributed by atoms with E-state index >= 15 is 0 Å². The van der Waals surface area contributed by atoms with Crippen LogP contribution in [0, 0.1) is 5.92 Å². The van der Waals surface area contributed by atoms with E-state index in [2.05, 4.69) is 46.1 Å². The summed E-state index contributed by atoms with van der Waals surface area (Å²) >= 11 is 1.95. The largest absolute Gasteiger partial charge is 0.155 e. The molecular formula is C14H24S. The Bertz CT molecular complexity index is 271. The number of allylic oxidation sites excluding steroid dienone is 3. The van der Waals surface area contributed by atoms with Gasteiger partial charge in [0, 0.05) is 4.75 Å². The average Bonchev–Trinajstić information content (AvgIpc) is 2.28. The van der Waals surface area contributed by atoms with Gasteiger partial charge in [-0.25, -0.2) is 0 Å². The third kappa shape index (κ3) is 3.14. The fourth-order valence-corrected chi connectivity index (χ4v) is 2.39. The quantitative estimate of drug-likeness (QED) is 0.659. The first-order valence-corrected chi connectivity index (χ1v) is 7.19. The van der Waals surface area contributed by atoms with Crippen molar-refractivity contribution in [1.82, 2.24) is 0 Å². The fourth-order valence-electron chi connectivity index (χ4n) is 1.96. The minimum atomic E-state index is 0.317. The van der Waals surface area contributed by atoms with Crippen LogP contribution in [0.5, 0.6) is 0 Å². The lowest BCUT2D eigenvalue weighted by atomic mass is 9.85. The van der Waals surface area contributed by atoms with Gasteiger partial charge in [0.25, 0.3) is 0 Å². The smallest absolute Gasteiger partial charge is 0.0312 e. The molecule has 0 saturated carbocycles. The topological polar surface area (TPSA) is 0 Å². The monoisotopic (exact) mass is 224 g/mol. The van der Waals surface area contributed by atoms with E-state index in [4.69, 9.17) is 0 Å². The SMILES string of the molecule is CCC(C)C1=CC=C(C(C)(C)SC)CC1. The summed E-state index contributed by atoms with van der Waals surface area (Å²) in [5.74, 6) is 0.764. The van der Waals surface area contributed by atoms with E-state index in [0.717, 1.165) is 5.92 Å². The molecule has 0 amide bonds. The van der Waals surface area contributed by atoms with Gasteiger partial charge in [-0.3, -0.25) is 0 Å². The molecule has 1 unspecified atom stereocenters. The molecule has 0 bridgehead atoms. The highest BCUT2D eigenvalue weighted by atomic mass is 32.2. The van der Waals surface area contributed by atoms with Crippen molar-refractivity contribution in [2.24, 2.45) is 5.92 Å². The minimum absolute atomic E-state index is 0.317. The molecule has 1 heteroatoms. The normalized spacial score (nSPS) is 19.5. The molecule has 1 aliphatic carbocycles. The fraction of sp³-hybridized carbons (Fsp3) is 0.714. The van der Waals surface area contributed by atoms with Crippen LogP contribution < -0.4 is 0 Å². The molecule has 1 aliphatic rings. The van der Waals surface area contributed by atoms with Crippen LogP contribution in [0.2, 0.25) is 0 Å². The molecule has 86 valence electrons. The molecule has 0 radical (unpaired) electrons. The Morgan fingerprint density at radius 1 is 1.33 bits per heavy atom. The van der Waals surface area contributed by atoms with Crippen LogP contribution in [0.4, 0.5) is 0 Å². The summed E-state index contributed by atoms with van der Waals surface area (Å²) in [6.07, 6.45) is 10.7. The number of hydrogen-bond acceptors (Lipinski definition) is 1. The van der Waals surface area contributed by atoms with Crippen LogP contribution in [-0.4, -0.2) is 11.0 Å². The summed E-state index contributed by atoms with van der Waals surface area (Å²) < 4.78 is 0.317. The number of rotatable bonds is 4. The molecule has 1 rings (SSSR count). The molecule has 0 aliphatic heterocycles. The number of thioether (sulfide) groups is 1. The molecule has 0 aromatic carbocycles. The number of hydrogen-bond donors (Lipinski definition) is 0. The molecule has 1 atom stereocenters. The van der Waals surface area contributed by atoms with Gasteiger partial charge in [-0.1, -0.05) is 37.1 Å². The first kappa shape index (κ1) is 12.9. The van der Waals surface area contributed by atoms with Gasteiger partial charge in [0.15, 0.2) is 0 Å². The maximum absolute atomic E-state index is 2.37. The van der Waals surface area contributed by atoms with Crippen LogP contribution in [0.3, 0.4) is 0 Å². The highest BCUT2D eigenvalue weighted by Crippen LogP contribution is 2.37. The summed E-state index contributed by atoms with van der Waals surface area (Å²) in [6.45, 7) is 9.26. The summed E-state index contributed by atoms with van der Waals surface area (Å²) in [4.78, 5) is 0. The molecule has 0 aromatic rings. The van der Waals surface area contributed by atoms with Crippen molar-refractivity contribution in [3.05, 3.63) is 23.3 Å². The Labute approximate surface area is 99.2 Å². The van der Waals surface area contributed by atoms with Gasteiger partial charge in [0.05, 0.1) is 0 Å². The molecule has 0 saturated heterocycles. The van der Waals surface area contributed by atoms with E-state index in [1.54, 1.807) is 11.1 Å². The Morgan fingerprint density at radius 2 is 2.00 bits per heavy atom. The summed E-state index contributed by atoms with van der Waals surface area (Å²) in [5, 5.41) is 0. The predicted octanol–water partition coefficient (Wildman–Crippen LogP) is 4.82. The molecule has 0 aromatic heterocycles. The molecule has 0 heterocycles. The summed E-state index contributed by atoms with van der Waals surface area (Å²) in [6, 6.07) is 0. The second kappa shape index (κ2) is 5.25. The van der Waals surface area contributed by atoms with Crippen molar-refractivity contribution in [3.8, 4) is 0 Å². The third-order valence-corrected chi connectivity index (χ3v) is 4.99. The predicted molar refractivity (Wildman–Crippen MR) is 72.4 cm³/mol. The molecule has 0 fully saturated rings. The minimum Gasteiger partial charge on any atom is -0.155 e. The van der Waals surface area contributed by atoms with Crippen molar-refractivity contribution >= 4 is 11.8 Å². The van der Waals surface area contributed by atoms with E-state index in [-0.39, 0.29) is 0 Å². The van der Waals surface area contributed by atoms with Crippen LogP contribution in [0.15, 0.2) is 23.3 Å². The van der Waals surface area contributed by atoms with Gasteiger partial charge in [-0.15, -0.1) is 0 Å². The Morgan fingerprint density at radius 3 is 2.40 bits per heavy atom. The van der Waals surface area contributed by atoms with Crippen LogP contribution in [0.25, 0.3) is 0 Å². The van der Waals surface area contributed by atoms with E-state index in [9.17, 15) is 0 Å². The molecule has 0 spiro atoms. The molecule has 0 nitrogen and oxygen atoms in total. The van der Waals surface area contributed by atoms with Gasteiger partial charge in [0.1, 0.15) is 0 Å². The highest BCUT2D eigenvalue weighted by Gasteiger charge is 2.23. The lowest BCUT2D eigenvalue weighted by molar-refractivity contribution is 0.607. The van der Waals surface area contributed by atoms with Gasteiger partial charge < -0.3 is 0 Å². The lowest BCUT2D eigenvalue weighted by Crippen LogP contribution is -2.19. The van der Waals surface area contributed by atoms with Gasteiger partial charge in [-0.05, 0) is 45.3 Å². The lowest BCUT2D eigenvalue weighted by Gasteiger charge is -2.29. The Kier molecular flexibility index (Phi) is 4.51. The van der Waals surface area contributed by atoms with Gasteiger partial charge in [0.2, 0.25) is 0 Å². The van der Waals surface area contributed by atoms with Crippen LogP contribution in [0.1, 0.15) is 47.0 Å². The first-order chi connectivity index (χ1) is 7.01. The van der Waals surface area contributed by atoms with E-state index in [1.165, 1.54) is 19.3 Å². The maximum Gasteiger partial charge on any atom is 0.0312 e. The summed E-state index contributed by atoms with van der Waals surface area (Å²) in [7, 11) is 0. The van der Waals surface area contributed by atoms with E-state index in [0.29, 0.717) is 4.75 Å². The third-order valence-electron chi connectivity index (χ3n) is 3.71. The Hall–Kier alpha value is -0.170. The first-order valence-electron chi connectivity index (χ1n) is 5.96. The Balaban J connectivity index is 2.76. The van der Waals surface area contributed by atoms with Crippen molar-refractivity contribution in [2.45, 2.75) is 51.7 Å². The van der Waals surface area contributed by atoms with Crippen molar-refractivity contribution in [2.75, 3.05) is 6.26 Å². The second-order valence-electron chi connectivity index (χ2n) is 4.96. The van der Waals surface area contributed by atoms with E-state index < -0.39 is 0 Å². The van der Waals surface area contributed by atoms with Crippen molar-refractivity contribution in [1.29, 1.82) is 0 Å². The highest BCUT2D eigenvalue weighted by molar-refractivity contribution is 8.00. The summed E-state index contributed by atoms with van der Waals surface area (Å²) in [5.41, 5.74) is 3.24. The van der Waals surface area contributed by atoms with E-state index in [1.807, 2.05) is 11.8 Å². The van der Waals surface area contributed by atoms with Gasteiger partial charge in [-0.2, -0.15) is 11.8 Å². The van der Waals surface area contributed by atoms with Crippen LogP contribution in [-0.2, 0) is 0 Å². The van der Waals surface area contributed by atoms with Crippen molar-refractivity contribution in [3.63, 3.8) is 0 Å². The van der Waals surface area contributed by atoms with Crippen LogP contribution >= 0.6 is 11.8 Å². The standard InChI is InChI=1S/C14H24S/c1-6-11(2)12-7-9-13(10-8-12)14(3,4)15-5/h7,9,11H,6,8,10H2,1-5H3. The molecule has 15 heavy (non-hydrogen) atoms. The maximum atomic E-state index is 2.37. The zero-order valence-electron chi connectivity index (χ0n) is 10.8. The molecule has 0 N–H and O–H groups in total. The van der Waals surface area contributed by atoms with Crippen molar-refractivity contribution < 1.29 is 0 Å². The van der Waals surface area contributed by atoms with Gasteiger partial charge >= 0.3 is 0 Å². The average molecular weight is 224 g/mol. The zero-order chi connectivity index (χ0) is 11.5.